The molecular weight excluding hydrogens is 703 g/mol. The van der Waals surface area contributed by atoms with Crippen molar-refractivity contribution < 1.29 is 47.6 Å². The third-order valence-corrected chi connectivity index (χ3v) is 14.7. The second kappa shape index (κ2) is 14.9. The van der Waals surface area contributed by atoms with E-state index < -0.39 is 22.8 Å². The van der Waals surface area contributed by atoms with Crippen LogP contribution in [0.3, 0.4) is 0 Å². The van der Waals surface area contributed by atoms with Crippen LogP contribution in [0.4, 0.5) is 0 Å². The summed E-state index contributed by atoms with van der Waals surface area (Å²) >= 11 is -1.37. The van der Waals surface area contributed by atoms with Gasteiger partial charge in [-0.2, -0.15) is 0 Å². The molecular formula is C45H51Cl2Zr. The number of hydrogen-bond donors (Lipinski definition) is 0. The normalized spacial score (nSPS) is 18.4. The predicted octanol–water partition coefficient (Wildman–Crippen LogP) is 4.15. The molecule has 0 amide bonds. The molecule has 0 aliphatic heterocycles. The summed E-state index contributed by atoms with van der Waals surface area (Å²) in [5, 5.41) is 3.05. The Morgan fingerprint density at radius 3 is 1.85 bits per heavy atom. The van der Waals surface area contributed by atoms with Gasteiger partial charge in [0.05, 0.1) is 0 Å². The first-order valence-corrected chi connectivity index (χ1v) is 19.9. The van der Waals surface area contributed by atoms with Crippen LogP contribution in [0, 0.1) is 10.8 Å². The molecule has 3 aromatic carbocycles. The minimum atomic E-state index is -1.37. The molecule has 249 valence electrons. The van der Waals surface area contributed by atoms with E-state index in [0.717, 1.165) is 25.7 Å². The summed E-state index contributed by atoms with van der Waals surface area (Å²) in [5.41, 5.74) is 13.7. The van der Waals surface area contributed by atoms with Gasteiger partial charge in [-0.3, -0.25) is 0 Å². The zero-order valence-corrected chi connectivity index (χ0v) is 34.3. The molecule has 0 saturated carbocycles. The molecule has 0 nitrogen and oxygen atoms in total. The van der Waals surface area contributed by atoms with E-state index in [4.69, 9.17) is 0 Å². The molecule has 0 heterocycles. The summed E-state index contributed by atoms with van der Waals surface area (Å²) in [6.07, 6.45) is 14.1. The minimum Gasteiger partial charge on any atom is -1.00 e. The average molecular weight is 754 g/mol. The van der Waals surface area contributed by atoms with Crippen LogP contribution in [0.15, 0.2) is 119 Å². The number of halogens is 2. The molecule has 0 N–H and O–H groups in total. The molecule has 3 heteroatoms. The number of benzene rings is 3. The summed E-state index contributed by atoms with van der Waals surface area (Å²) in [6, 6.07) is 27.7. The first-order valence-electron chi connectivity index (χ1n) is 17.5. The first kappa shape index (κ1) is 38.5. The second-order valence-corrected chi connectivity index (χ2v) is 18.4. The van der Waals surface area contributed by atoms with Gasteiger partial charge in [0, 0.05) is 0 Å². The molecule has 3 aliphatic carbocycles. The number of fused-ring (bicyclic) bond motifs is 2. The van der Waals surface area contributed by atoms with Crippen LogP contribution < -0.4 is 35.3 Å². The van der Waals surface area contributed by atoms with E-state index >= 15 is 0 Å². The van der Waals surface area contributed by atoms with Crippen LogP contribution in [0.5, 0.6) is 0 Å². The topological polar surface area (TPSA) is 0 Å². The third kappa shape index (κ3) is 6.50. The molecule has 0 fully saturated rings. The number of aryl methyl sites for hydroxylation is 1. The molecule has 48 heavy (non-hydrogen) atoms. The van der Waals surface area contributed by atoms with Gasteiger partial charge in [-0.15, -0.1) is 0 Å². The smallest absolute Gasteiger partial charge is 1.00 e. The van der Waals surface area contributed by atoms with Gasteiger partial charge in [0.1, 0.15) is 0 Å². The van der Waals surface area contributed by atoms with E-state index in [-0.39, 0.29) is 41.1 Å². The van der Waals surface area contributed by atoms with E-state index in [2.05, 4.69) is 159 Å². The molecule has 0 saturated heterocycles. The first-order chi connectivity index (χ1) is 22.0. The molecule has 0 spiro atoms. The van der Waals surface area contributed by atoms with Crippen molar-refractivity contribution in [2.45, 2.75) is 93.4 Å². The van der Waals surface area contributed by atoms with Crippen LogP contribution in [-0.2, 0) is 34.6 Å². The average Bonchev–Trinajstić information content (AvgIpc) is 3.68. The van der Waals surface area contributed by atoms with Gasteiger partial charge in [0.25, 0.3) is 0 Å². The van der Waals surface area contributed by atoms with Gasteiger partial charge in [-0.05, 0) is 0 Å². The van der Waals surface area contributed by atoms with Crippen molar-refractivity contribution >= 4 is 12.1 Å². The summed E-state index contributed by atoms with van der Waals surface area (Å²) in [7, 11) is 0. The maximum Gasteiger partial charge on any atom is -1.00 e. The fraction of sp³-hybridized carbons (Fsp3) is 0.356. The standard InChI is InChI=1S/C32H41.C13H10.2ClH.Zr/c1-10-21-17-25(30(4,5)6)18-23-19-27-26(28(21)23)20-24(11-2)32(12-3,31(7,8)9)29(27)22-15-13-14-16-22;1-3-7-12(8-4-1)11-13-9-5-2-6-10-13;;;/h13-15,17-18,20H,10-12,16H2,1-9H3;1-10H;2*1H;/q;;;;+2/p-2. The Kier molecular flexibility index (Phi) is 11.9. The monoisotopic (exact) mass is 751 g/mol. The van der Waals surface area contributed by atoms with Crippen molar-refractivity contribution in [1.29, 1.82) is 0 Å². The number of hydrogen-bond acceptors (Lipinski definition) is 0. The Hall–Kier alpha value is -2.31. The van der Waals surface area contributed by atoms with E-state index in [0.29, 0.717) is 0 Å². The summed E-state index contributed by atoms with van der Waals surface area (Å²) in [6.45, 7) is 21.8. The van der Waals surface area contributed by atoms with Crippen LogP contribution in [0.2, 0.25) is 0 Å². The van der Waals surface area contributed by atoms with Gasteiger partial charge in [-0.1, -0.05) is 0 Å². The molecule has 0 bridgehead atoms. The number of rotatable bonds is 7. The van der Waals surface area contributed by atoms with Gasteiger partial charge in [-0.25, -0.2) is 0 Å². The quantitative estimate of drug-likeness (QED) is 0.341. The minimum absolute atomic E-state index is 0. The van der Waals surface area contributed by atoms with Crippen LogP contribution in [0.25, 0.3) is 8.85 Å². The van der Waals surface area contributed by atoms with Crippen molar-refractivity contribution in [2.75, 3.05) is 0 Å². The van der Waals surface area contributed by atoms with E-state index in [1.807, 2.05) is 0 Å². The zero-order valence-electron chi connectivity index (χ0n) is 30.3. The second-order valence-electron chi connectivity index (χ2n) is 15.3. The SMILES string of the molecule is CCC1=CC2=c3c(CC)cc(C(C)(C)C)cc3=[C]([Zr+2]=[C](c3ccccc3)c3ccccc3)C2=C(C2=CC=CC2)C1(CC)C(C)(C)C.[Cl-].[Cl-]. The summed E-state index contributed by atoms with van der Waals surface area (Å²) in [5.74, 6) is 0. The van der Waals surface area contributed by atoms with Crippen molar-refractivity contribution in [1.82, 2.24) is 0 Å². The van der Waals surface area contributed by atoms with Crippen LogP contribution >= 0.6 is 0 Å². The van der Waals surface area contributed by atoms with Crippen LogP contribution in [-0.4, -0.2) is 3.21 Å². The summed E-state index contributed by atoms with van der Waals surface area (Å²) < 4.78 is 3.24. The van der Waals surface area contributed by atoms with E-state index in [1.54, 1.807) is 23.2 Å². The van der Waals surface area contributed by atoms with E-state index in [9.17, 15) is 0 Å². The number of allylic oxidation sites excluding steroid dienone is 8. The molecule has 1 atom stereocenters. The fourth-order valence-electron chi connectivity index (χ4n) is 8.44. The Morgan fingerprint density at radius 2 is 1.40 bits per heavy atom. The largest absolute Gasteiger partial charge is 1.00 e. The Morgan fingerprint density at radius 1 is 0.792 bits per heavy atom. The van der Waals surface area contributed by atoms with E-state index in [1.165, 1.54) is 43.8 Å². The Labute approximate surface area is 313 Å². The molecule has 3 aromatic rings. The van der Waals surface area contributed by atoms with Gasteiger partial charge in [0.15, 0.2) is 0 Å². The van der Waals surface area contributed by atoms with Gasteiger partial charge >= 0.3 is 291 Å². The Bertz CT molecular complexity index is 1910. The van der Waals surface area contributed by atoms with Gasteiger partial charge < -0.3 is 24.8 Å². The molecule has 0 aromatic heterocycles. The third-order valence-electron chi connectivity index (χ3n) is 10.7. The van der Waals surface area contributed by atoms with Gasteiger partial charge in [0.2, 0.25) is 0 Å². The summed E-state index contributed by atoms with van der Waals surface area (Å²) in [4.78, 5) is 0. The van der Waals surface area contributed by atoms with Crippen LogP contribution in [0.1, 0.15) is 104 Å². The van der Waals surface area contributed by atoms with Crippen molar-refractivity contribution in [3.8, 4) is 0 Å². The molecule has 0 radical (unpaired) electrons. The Balaban J connectivity index is 0.00000260. The molecule has 6 rings (SSSR count). The maximum absolute atomic E-state index is 2.68. The predicted molar refractivity (Wildman–Crippen MR) is 196 cm³/mol. The fourth-order valence-corrected chi connectivity index (χ4v) is 12.3. The van der Waals surface area contributed by atoms with Crippen molar-refractivity contribution in [3.63, 3.8) is 0 Å². The molecule has 3 aliphatic rings. The molecule has 1 unspecified atom stereocenters. The maximum atomic E-state index is 2.68. The van der Waals surface area contributed by atoms with Crippen molar-refractivity contribution in [3.05, 3.63) is 152 Å². The zero-order chi connectivity index (χ0) is 32.9. The van der Waals surface area contributed by atoms with Crippen molar-refractivity contribution in [2.24, 2.45) is 10.8 Å².